The second-order valence-corrected chi connectivity index (χ2v) is 5.70. The molecule has 2 aromatic carbocycles. The standard InChI is InChI=1S/C21H24N2O4/c1-4-14-22-20(24)15-10-6-7-11-16(15)23-21(25)17(5-2)27-19-13-9-8-12-18(19)26-3/h4,6-13,17H,1,5,14H2,2-3H3,(H,22,24)(H,23,25)/t17-/m1/s1. The van der Waals surface area contributed by atoms with E-state index in [9.17, 15) is 9.59 Å². The van der Waals surface area contributed by atoms with Gasteiger partial charge < -0.3 is 20.1 Å². The van der Waals surface area contributed by atoms with Gasteiger partial charge in [-0.15, -0.1) is 6.58 Å². The minimum Gasteiger partial charge on any atom is -0.493 e. The van der Waals surface area contributed by atoms with E-state index in [1.807, 2.05) is 19.1 Å². The van der Waals surface area contributed by atoms with E-state index in [0.717, 1.165) is 0 Å². The minimum absolute atomic E-state index is 0.288. The lowest BCUT2D eigenvalue weighted by Crippen LogP contribution is -2.33. The van der Waals surface area contributed by atoms with Crippen LogP contribution in [0, 0.1) is 0 Å². The van der Waals surface area contributed by atoms with Gasteiger partial charge in [-0.05, 0) is 30.7 Å². The molecular formula is C21H24N2O4. The molecule has 6 heteroatoms. The number of carbonyl (C=O) groups is 2. The number of anilines is 1. The predicted molar refractivity (Wildman–Crippen MR) is 105 cm³/mol. The summed E-state index contributed by atoms with van der Waals surface area (Å²) in [6, 6.07) is 14.0. The van der Waals surface area contributed by atoms with E-state index in [1.165, 1.54) is 0 Å². The van der Waals surface area contributed by atoms with Gasteiger partial charge in [0.05, 0.1) is 18.4 Å². The Morgan fingerprint density at radius 3 is 2.44 bits per heavy atom. The molecule has 0 aromatic heterocycles. The summed E-state index contributed by atoms with van der Waals surface area (Å²) in [6.45, 7) is 5.77. The molecule has 0 aliphatic rings. The Kier molecular flexibility index (Phi) is 7.43. The average Bonchev–Trinajstić information content (AvgIpc) is 2.70. The molecule has 0 saturated heterocycles. The van der Waals surface area contributed by atoms with E-state index < -0.39 is 6.10 Å². The van der Waals surface area contributed by atoms with Crippen LogP contribution in [-0.4, -0.2) is 31.6 Å². The van der Waals surface area contributed by atoms with Crippen LogP contribution in [0.25, 0.3) is 0 Å². The maximum Gasteiger partial charge on any atom is 0.265 e. The van der Waals surface area contributed by atoms with Crippen LogP contribution < -0.4 is 20.1 Å². The van der Waals surface area contributed by atoms with Gasteiger partial charge in [-0.25, -0.2) is 0 Å². The highest BCUT2D eigenvalue weighted by Crippen LogP contribution is 2.27. The van der Waals surface area contributed by atoms with Crippen molar-refractivity contribution in [3.8, 4) is 11.5 Å². The fourth-order valence-corrected chi connectivity index (χ4v) is 2.46. The lowest BCUT2D eigenvalue weighted by atomic mass is 10.1. The zero-order valence-corrected chi connectivity index (χ0v) is 15.5. The van der Waals surface area contributed by atoms with Gasteiger partial charge in [-0.1, -0.05) is 37.3 Å². The molecule has 0 saturated carbocycles. The smallest absolute Gasteiger partial charge is 0.265 e. The van der Waals surface area contributed by atoms with Gasteiger partial charge in [0.2, 0.25) is 0 Å². The number of amides is 2. The molecule has 6 nitrogen and oxygen atoms in total. The fourth-order valence-electron chi connectivity index (χ4n) is 2.46. The van der Waals surface area contributed by atoms with Gasteiger partial charge in [0.25, 0.3) is 11.8 Å². The van der Waals surface area contributed by atoms with Crippen molar-refractivity contribution >= 4 is 17.5 Å². The molecule has 142 valence electrons. The molecule has 2 aromatic rings. The first kappa shape index (κ1) is 20.0. The zero-order chi connectivity index (χ0) is 19.6. The molecule has 0 aliphatic carbocycles. The number of carbonyl (C=O) groups excluding carboxylic acids is 2. The van der Waals surface area contributed by atoms with Gasteiger partial charge >= 0.3 is 0 Å². The number of nitrogens with one attached hydrogen (secondary N) is 2. The average molecular weight is 368 g/mol. The first-order valence-electron chi connectivity index (χ1n) is 8.69. The van der Waals surface area contributed by atoms with Crippen LogP contribution >= 0.6 is 0 Å². The molecule has 2 rings (SSSR count). The Labute approximate surface area is 159 Å². The molecule has 2 N–H and O–H groups in total. The van der Waals surface area contributed by atoms with Crippen LogP contribution in [0.4, 0.5) is 5.69 Å². The van der Waals surface area contributed by atoms with Crippen LogP contribution in [-0.2, 0) is 4.79 Å². The number of para-hydroxylation sites is 3. The third kappa shape index (κ3) is 5.34. The number of hydrogen-bond acceptors (Lipinski definition) is 4. The van der Waals surface area contributed by atoms with Crippen molar-refractivity contribution in [2.75, 3.05) is 19.0 Å². The van der Waals surface area contributed by atoms with Crippen LogP contribution in [0.1, 0.15) is 23.7 Å². The van der Waals surface area contributed by atoms with E-state index in [4.69, 9.17) is 9.47 Å². The van der Waals surface area contributed by atoms with E-state index in [1.54, 1.807) is 49.6 Å². The van der Waals surface area contributed by atoms with Crippen LogP contribution in [0.3, 0.4) is 0 Å². The Hall–Kier alpha value is -3.28. The van der Waals surface area contributed by atoms with E-state index in [-0.39, 0.29) is 11.8 Å². The van der Waals surface area contributed by atoms with Crippen molar-refractivity contribution in [2.45, 2.75) is 19.4 Å². The van der Waals surface area contributed by atoms with Gasteiger partial charge in [0.1, 0.15) is 0 Å². The molecule has 0 fully saturated rings. The van der Waals surface area contributed by atoms with Crippen molar-refractivity contribution in [3.05, 3.63) is 66.7 Å². The summed E-state index contributed by atoms with van der Waals surface area (Å²) in [6.07, 6.45) is 1.31. The molecule has 2 amide bonds. The number of ether oxygens (including phenoxy) is 2. The summed E-state index contributed by atoms with van der Waals surface area (Å²) >= 11 is 0. The highest BCUT2D eigenvalue weighted by atomic mass is 16.5. The molecule has 0 unspecified atom stereocenters. The highest BCUT2D eigenvalue weighted by molar-refractivity contribution is 6.04. The monoisotopic (exact) mass is 368 g/mol. The Bertz CT molecular complexity index is 804. The summed E-state index contributed by atoms with van der Waals surface area (Å²) in [4.78, 5) is 25.0. The summed E-state index contributed by atoms with van der Waals surface area (Å²) in [5.74, 6) is 0.406. The Morgan fingerprint density at radius 2 is 1.78 bits per heavy atom. The van der Waals surface area contributed by atoms with Gasteiger partial charge in [0.15, 0.2) is 17.6 Å². The highest BCUT2D eigenvalue weighted by Gasteiger charge is 2.22. The Balaban J connectivity index is 2.15. The molecule has 0 spiro atoms. The molecular weight excluding hydrogens is 344 g/mol. The summed E-state index contributed by atoms with van der Waals surface area (Å²) in [5, 5.41) is 5.49. The molecule has 0 aliphatic heterocycles. The van der Waals surface area contributed by atoms with Crippen molar-refractivity contribution in [2.24, 2.45) is 0 Å². The third-order valence-electron chi connectivity index (χ3n) is 3.84. The van der Waals surface area contributed by atoms with Gasteiger partial charge in [0, 0.05) is 6.54 Å². The second-order valence-electron chi connectivity index (χ2n) is 5.70. The van der Waals surface area contributed by atoms with Gasteiger partial charge in [-0.3, -0.25) is 9.59 Å². The maximum absolute atomic E-state index is 12.7. The largest absolute Gasteiger partial charge is 0.493 e. The second kappa shape index (κ2) is 10.0. The maximum atomic E-state index is 12.7. The summed E-state index contributed by atoms with van der Waals surface area (Å²) in [7, 11) is 1.54. The topological polar surface area (TPSA) is 76.7 Å². The molecule has 0 heterocycles. The Morgan fingerprint density at radius 1 is 1.11 bits per heavy atom. The number of methoxy groups -OCH3 is 1. The first-order valence-corrected chi connectivity index (χ1v) is 8.69. The van der Waals surface area contributed by atoms with Crippen molar-refractivity contribution in [3.63, 3.8) is 0 Å². The third-order valence-corrected chi connectivity index (χ3v) is 3.84. The molecule has 0 bridgehead atoms. The van der Waals surface area contributed by atoms with E-state index >= 15 is 0 Å². The first-order chi connectivity index (χ1) is 13.1. The van der Waals surface area contributed by atoms with E-state index in [2.05, 4.69) is 17.2 Å². The zero-order valence-electron chi connectivity index (χ0n) is 15.5. The predicted octanol–water partition coefficient (Wildman–Crippen LogP) is 3.41. The molecule has 1 atom stereocenters. The minimum atomic E-state index is -0.731. The quantitative estimate of drug-likeness (QED) is 0.665. The van der Waals surface area contributed by atoms with Crippen LogP contribution in [0.15, 0.2) is 61.2 Å². The summed E-state index contributed by atoms with van der Waals surface area (Å²) in [5.41, 5.74) is 0.797. The number of benzene rings is 2. The van der Waals surface area contributed by atoms with Crippen molar-refractivity contribution < 1.29 is 19.1 Å². The van der Waals surface area contributed by atoms with Crippen molar-refractivity contribution in [1.29, 1.82) is 0 Å². The SMILES string of the molecule is C=CCNC(=O)c1ccccc1NC(=O)[C@@H](CC)Oc1ccccc1OC. The summed E-state index contributed by atoms with van der Waals surface area (Å²) < 4.78 is 11.1. The normalized spacial score (nSPS) is 11.2. The molecule has 27 heavy (non-hydrogen) atoms. The lowest BCUT2D eigenvalue weighted by molar-refractivity contribution is -0.122. The van der Waals surface area contributed by atoms with E-state index in [0.29, 0.717) is 35.7 Å². The van der Waals surface area contributed by atoms with Crippen LogP contribution in [0.5, 0.6) is 11.5 Å². The van der Waals surface area contributed by atoms with Crippen LogP contribution in [0.2, 0.25) is 0 Å². The fraction of sp³-hybridized carbons (Fsp3) is 0.238. The number of hydrogen-bond donors (Lipinski definition) is 2. The van der Waals surface area contributed by atoms with Crippen molar-refractivity contribution in [1.82, 2.24) is 5.32 Å². The lowest BCUT2D eigenvalue weighted by Gasteiger charge is -2.19. The molecule has 0 radical (unpaired) electrons. The number of rotatable bonds is 9. The van der Waals surface area contributed by atoms with Gasteiger partial charge in [-0.2, -0.15) is 0 Å².